The molecule has 0 saturated carbocycles. The lowest BCUT2D eigenvalue weighted by Gasteiger charge is -2.30. The second kappa shape index (κ2) is 8.20. The van der Waals surface area contributed by atoms with Gasteiger partial charge in [0.05, 0.1) is 5.69 Å². The molecule has 162 valence electrons. The van der Waals surface area contributed by atoms with E-state index in [-0.39, 0.29) is 10.7 Å². The number of benzene rings is 2. The van der Waals surface area contributed by atoms with Crippen LogP contribution < -0.4 is 10.2 Å². The second-order valence-corrected chi connectivity index (χ2v) is 8.56. The van der Waals surface area contributed by atoms with Crippen molar-refractivity contribution in [3.63, 3.8) is 0 Å². The lowest BCUT2D eigenvalue weighted by molar-refractivity contribution is -0.122. The van der Waals surface area contributed by atoms with Gasteiger partial charge in [-0.3, -0.25) is 19.8 Å². The Morgan fingerprint density at radius 2 is 1.66 bits per heavy atom. The first kappa shape index (κ1) is 21.7. The molecule has 5 nitrogen and oxygen atoms in total. The molecule has 2 heterocycles. The maximum atomic E-state index is 13.4. The van der Waals surface area contributed by atoms with Crippen LogP contribution in [0.15, 0.2) is 54.1 Å². The highest BCUT2D eigenvalue weighted by Crippen LogP contribution is 2.29. The van der Waals surface area contributed by atoms with Gasteiger partial charge in [-0.15, -0.1) is 0 Å². The normalized spacial score (nSPS) is 15.5. The summed E-state index contributed by atoms with van der Waals surface area (Å²) in [6.07, 6.45) is 1.66. The number of amides is 2. The van der Waals surface area contributed by atoms with Crippen molar-refractivity contribution in [2.75, 3.05) is 4.90 Å². The fourth-order valence-electron chi connectivity index (χ4n) is 4.11. The Hall–Kier alpha value is -3.51. The first-order valence-electron chi connectivity index (χ1n) is 10.4. The number of carbonyl (C=O) groups excluding carboxylic acids is 2. The fraction of sp³-hybridized carbons (Fsp3) is 0.192. The molecule has 1 saturated heterocycles. The van der Waals surface area contributed by atoms with E-state index in [4.69, 9.17) is 12.2 Å². The van der Waals surface area contributed by atoms with Gasteiger partial charge >= 0.3 is 0 Å². The van der Waals surface area contributed by atoms with Gasteiger partial charge in [0.15, 0.2) is 5.11 Å². The fourth-order valence-corrected chi connectivity index (χ4v) is 4.38. The minimum absolute atomic E-state index is 0.0593. The minimum Gasteiger partial charge on any atom is -0.318 e. The molecule has 0 radical (unpaired) electrons. The summed E-state index contributed by atoms with van der Waals surface area (Å²) in [5.74, 6) is -0.908. The van der Waals surface area contributed by atoms with E-state index in [9.17, 15) is 9.59 Å². The highest BCUT2D eigenvalue weighted by molar-refractivity contribution is 7.80. The molecule has 4 rings (SSSR count). The molecule has 1 aromatic heterocycles. The zero-order chi connectivity index (χ0) is 23.2. The van der Waals surface area contributed by atoms with Gasteiger partial charge in [-0.2, -0.15) is 0 Å². The standard InChI is InChI=1S/C26H25N3O2S/c1-15-8-6-10-21(12-15)28-17(3)13-20(19(28)5)14-22-24(30)27-26(32)29(25(22)31)23-11-7-9-16(2)18(23)4/h6-14H,1-5H3,(H,27,30,32)/b22-14+. The van der Waals surface area contributed by atoms with E-state index in [2.05, 4.69) is 28.9 Å². The average molecular weight is 444 g/mol. The van der Waals surface area contributed by atoms with Gasteiger partial charge in [-0.25, -0.2) is 0 Å². The number of hydrogen-bond acceptors (Lipinski definition) is 3. The number of anilines is 1. The molecule has 6 heteroatoms. The van der Waals surface area contributed by atoms with Crippen LogP contribution in [0.25, 0.3) is 11.8 Å². The predicted molar refractivity (Wildman–Crippen MR) is 132 cm³/mol. The van der Waals surface area contributed by atoms with E-state index >= 15 is 0 Å². The zero-order valence-corrected chi connectivity index (χ0v) is 19.6. The molecule has 2 amide bonds. The number of rotatable bonds is 3. The summed E-state index contributed by atoms with van der Waals surface area (Å²) >= 11 is 5.35. The van der Waals surface area contributed by atoms with Gasteiger partial charge in [0.1, 0.15) is 5.57 Å². The SMILES string of the molecule is Cc1cccc(-n2c(C)cc(/C=C3\C(=O)NC(=S)N(c4cccc(C)c4C)C3=O)c2C)c1. The highest BCUT2D eigenvalue weighted by atomic mass is 32.1. The van der Waals surface area contributed by atoms with Crippen LogP contribution in [0, 0.1) is 34.6 Å². The summed E-state index contributed by atoms with van der Waals surface area (Å²) in [5.41, 5.74) is 7.71. The van der Waals surface area contributed by atoms with Gasteiger partial charge in [-0.05, 0) is 99.4 Å². The molecule has 1 fully saturated rings. The van der Waals surface area contributed by atoms with Crippen molar-refractivity contribution in [1.82, 2.24) is 9.88 Å². The van der Waals surface area contributed by atoms with E-state index in [0.29, 0.717) is 5.69 Å². The summed E-state index contributed by atoms with van der Waals surface area (Å²) in [6.45, 7) is 9.97. The Bertz CT molecular complexity index is 1320. The molecule has 2 aromatic carbocycles. The largest absolute Gasteiger partial charge is 0.318 e. The number of aromatic nitrogens is 1. The van der Waals surface area contributed by atoms with E-state index in [1.807, 2.05) is 64.1 Å². The Labute approximate surface area is 193 Å². The van der Waals surface area contributed by atoms with Crippen LogP contribution in [0.4, 0.5) is 5.69 Å². The maximum Gasteiger partial charge on any atom is 0.270 e. The Balaban J connectivity index is 1.79. The molecule has 1 aliphatic rings. The Kier molecular flexibility index (Phi) is 5.57. The first-order valence-corrected chi connectivity index (χ1v) is 10.8. The lowest BCUT2D eigenvalue weighted by Crippen LogP contribution is -2.54. The van der Waals surface area contributed by atoms with Gasteiger partial charge in [0, 0.05) is 17.1 Å². The summed E-state index contributed by atoms with van der Waals surface area (Å²) < 4.78 is 2.12. The molecule has 0 bridgehead atoms. The number of thiocarbonyl (C=S) groups is 1. The maximum absolute atomic E-state index is 13.4. The third-order valence-electron chi connectivity index (χ3n) is 5.95. The van der Waals surface area contributed by atoms with Crippen LogP contribution in [0.1, 0.15) is 33.6 Å². The topological polar surface area (TPSA) is 54.3 Å². The van der Waals surface area contributed by atoms with Gasteiger partial charge < -0.3 is 4.57 Å². The molecule has 0 unspecified atom stereocenters. The van der Waals surface area contributed by atoms with Crippen molar-refractivity contribution < 1.29 is 9.59 Å². The van der Waals surface area contributed by atoms with Crippen LogP contribution in [0.5, 0.6) is 0 Å². The highest BCUT2D eigenvalue weighted by Gasteiger charge is 2.35. The average Bonchev–Trinajstić information content (AvgIpc) is 3.01. The molecule has 1 N–H and O–H groups in total. The molecular formula is C26H25N3O2S. The van der Waals surface area contributed by atoms with Crippen molar-refractivity contribution >= 4 is 40.9 Å². The number of nitrogens with zero attached hydrogens (tertiary/aromatic N) is 2. The Morgan fingerprint density at radius 3 is 2.38 bits per heavy atom. The van der Waals surface area contributed by atoms with Crippen molar-refractivity contribution in [3.05, 3.63) is 87.7 Å². The van der Waals surface area contributed by atoms with Crippen molar-refractivity contribution in [2.24, 2.45) is 0 Å². The van der Waals surface area contributed by atoms with Gasteiger partial charge in [-0.1, -0.05) is 24.3 Å². The molecule has 0 aliphatic carbocycles. The molecule has 0 atom stereocenters. The van der Waals surface area contributed by atoms with E-state index < -0.39 is 11.8 Å². The zero-order valence-electron chi connectivity index (χ0n) is 18.8. The molecule has 0 spiro atoms. The number of carbonyl (C=O) groups is 2. The van der Waals surface area contributed by atoms with E-state index in [1.54, 1.807) is 6.08 Å². The molecule has 32 heavy (non-hydrogen) atoms. The number of hydrogen-bond donors (Lipinski definition) is 1. The molecule has 3 aromatic rings. The van der Waals surface area contributed by atoms with Crippen molar-refractivity contribution in [3.8, 4) is 5.69 Å². The van der Waals surface area contributed by atoms with Crippen LogP contribution >= 0.6 is 12.2 Å². The summed E-state index contributed by atoms with van der Waals surface area (Å²) in [4.78, 5) is 27.6. The summed E-state index contributed by atoms with van der Waals surface area (Å²) in [7, 11) is 0. The quantitative estimate of drug-likeness (QED) is 0.358. The third kappa shape index (κ3) is 3.67. The molecular weight excluding hydrogens is 418 g/mol. The second-order valence-electron chi connectivity index (χ2n) is 8.18. The molecule has 1 aliphatic heterocycles. The van der Waals surface area contributed by atoms with Crippen LogP contribution in [0.3, 0.4) is 0 Å². The van der Waals surface area contributed by atoms with Gasteiger partial charge in [0.25, 0.3) is 11.8 Å². The lowest BCUT2D eigenvalue weighted by atomic mass is 10.0. The monoisotopic (exact) mass is 443 g/mol. The Morgan fingerprint density at radius 1 is 0.938 bits per heavy atom. The van der Waals surface area contributed by atoms with E-state index in [1.165, 1.54) is 4.90 Å². The minimum atomic E-state index is -0.484. The summed E-state index contributed by atoms with van der Waals surface area (Å²) in [6, 6.07) is 15.9. The predicted octanol–water partition coefficient (Wildman–Crippen LogP) is 4.85. The first-order chi connectivity index (χ1) is 15.2. The van der Waals surface area contributed by atoms with Crippen molar-refractivity contribution in [2.45, 2.75) is 34.6 Å². The smallest absolute Gasteiger partial charge is 0.270 e. The van der Waals surface area contributed by atoms with Crippen LogP contribution in [-0.2, 0) is 9.59 Å². The van der Waals surface area contributed by atoms with Gasteiger partial charge in [0.2, 0.25) is 0 Å². The number of nitrogens with one attached hydrogen (secondary N) is 1. The summed E-state index contributed by atoms with van der Waals surface area (Å²) in [5, 5.41) is 2.77. The third-order valence-corrected chi connectivity index (χ3v) is 6.23. The van der Waals surface area contributed by atoms with Crippen molar-refractivity contribution in [1.29, 1.82) is 0 Å². The van der Waals surface area contributed by atoms with Crippen LogP contribution in [-0.4, -0.2) is 21.5 Å². The number of aryl methyl sites for hydroxylation is 3. The van der Waals surface area contributed by atoms with E-state index in [0.717, 1.165) is 39.3 Å². The van der Waals surface area contributed by atoms with Crippen LogP contribution in [0.2, 0.25) is 0 Å².